The van der Waals surface area contributed by atoms with Gasteiger partial charge in [0, 0.05) is 55.9 Å². The first-order chi connectivity index (χ1) is 30.1. The third kappa shape index (κ3) is 8.83. The van der Waals surface area contributed by atoms with Crippen LogP contribution in [0.15, 0.2) is 72.8 Å². The number of benzene rings is 4. The SMILES string of the molecule is COC(=O)c1ccc2c(C3CCCCC3)c(-c3ccc(Cl)cc3NC(=O)CCl)[nH]c2c1.COC(=O)c1ccc2c(C3CCCCC3)c3n(c2c1)CCC(=O)Nc1cc(Cl)ccc1-3. The Bertz CT molecular complexity index is 2690. The number of methoxy groups -OCH3 is 2. The largest absolute Gasteiger partial charge is 0.465 e. The van der Waals surface area contributed by atoms with E-state index in [1.807, 2.05) is 60.7 Å². The van der Waals surface area contributed by atoms with E-state index in [1.165, 1.54) is 63.9 Å². The lowest BCUT2D eigenvalue weighted by molar-refractivity contribution is -0.116. The van der Waals surface area contributed by atoms with Crippen molar-refractivity contribution in [1.29, 1.82) is 0 Å². The number of fused-ring (bicyclic) bond motifs is 6. The number of aryl methyl sites for hydroxylation is 1. The molecule has 0 radical (unpaired) electrons. The maximum Gasteiger partial charge on any atom is 0.337 e. The lowest BCUT2D eigenvalue weighted by Gasteiger charge is -2.25. The fourth-order valence-electron chi connectivity index (χ4n) is 9.71. The Labute approximate surface area is 375 Å². The zero-order valence-corrected chi connectivity index (χ0v) is 37.1. The molecule has 0 spiro atoms. The molecule has 3 heterocycles. The van der Waals surface area contributed by atoms with Crippen molar-refractivity contribution < 1.29 is 28.7 Å². The van der Waals surface area contributed by atoms with Gasteiger partial charge in [-0.2, -0.15) is 0 Å². The lowest BCUT2D eigenvalue weighted by atomic mass is 9.81. The van der Waals surface area contributed by atoms with Crippen LogP contribution in [0.1, 0.15) is 114 Å². The van der Waals surface area contributed by atoms with Crippen LogP contribution >= 0.6 is 34.8 Å². The third-order valence-corrected chi connectivity index (χ3v) is 13.2. The van der Waals surface area contributed by atoms with Gasteiger partial charge < -0.3 is 29.7 Å². The molecule has 0 atom stereocenters. The summed E-state index contributed by atoms with van der Waals surface area (Å²) in [5.74, 6) is -0.362. The summed E-state index contributed by atoms with van der Waals surface area (Å²) >= 11 is 18.2. The Kier molecular flexibility index (Phi) is 13.3. The Hall–Kier alpha value is -5.29. The molecule has 2 saturated carbocycles. The number of anilines is 2. The van der Waals surface area contributed by atoms with E-state index in [-0.39, 0.29) is 29.6 Å². The number of hydrogen-bond donors (Lipinski definition) is 3. The van der Waals surface area contributed by atoms with Gasteiger partial charge in [-0.25, -0.2) is 9.59 Å². The second kappa shape index (κ2) is 19.0. The van der Waals surface area contributed by atoms with Crippen molar-refractivity contribution in [3.8, 4) is 22.5 Å². The number of carbonyl (C=O) groups is 4. The van der Waals surface area contributed by atoms with Crippen LogP contribution in [-0.2, 0) is 25.6 Å². The molecule has 3 N–H and O–H groups in total. The maximum absolute atomic E-state index is 12.5. The molecule has 322 valence electrons. The van der Waals surface area contributed by atoms with E-state index in [0.29, 0.717) is 51.7 Å². The molecule has 6 aromatic rings. The van der Waals surface area contributed by atoms with Crippen molar-refractivity contribution in [2.24, 2.45) is 0 Å². The Morgan fingerprint density at radius 1 is 0.726 bits per heavy atom. The molecule has 4 aromatic carbocycles. The number of rotatable bonds is 7. The minimum atomic E-state index is -0.376. The van der Waals surface area contributed by atoms with Crippen LogP contribution in [0.5, 0.6) is 0 Å². The smallest absolute Gasteiger partial charge is 0.337 e. The summed E-state index contributed by atoms with van der Waals surface area (Å²) in [6.07, 6.45) is 12.2. The molecule has 10 nitrogen and oxygen atoms in total. The maximum atomic E-state index is 12.5. The number of hydrogen-bond acceptors (Lipinski definition) is 6. The van der Waals surface area contributed by atoms with Crippen molar-refractivity contribution in [2.45, 2.75) is 89.0 Å². The van der Waals surface area contributed by atoms with E-state index in [9.17, 15) is 19.2 Å². The normalized spacial score (nSPS) is 15.7. The summed E-state index contributed by atoms with van der Waals surface area (Å²) < 4.78 is 12.1. The van der Waals surface area contributed by atoms with E-state index < -0.39 is 0 Å². The van der Waals surface area contributed by atoms with Crippen LogP contribution in [0.3, 0.4) is 0 Å². The summed E-state index contributed by atoms with van der Waals surface area (Å²) in [6, 6.07) is 22.6. The first-order valence-electron chi connectivity index (χ1n) is 21.3. The highest BCUT2D eigenvalue weighted by Crippen LogP contribution is 2.48. The number of aromatic nitrogens is 2. The van der Waals surface area contributed by atoms with Gasteiger partial charge in [-0.05, 0) is 109 Å². The van der Waals surface area contributed by atoms with Gasteiger partial charge in [-0.15, -0.1) is 11.6 Å². The molecule has 0 bridgehead atoms. The number of carbonyl (C=O) groups excluding carboxylic acids is 4. The summed E-state index contributed by atoms with van der Waals surface area (Å²) in [6.45, 7) is 0.553. The zero-order chi connectivity index (χ0) is 43.5. The van der Waals surface area contributed by atoms with Crippen molar-refractivity contribution in [3.63, 3.8) is 0 Å². The first-order valence-corrected chi connectivity index (χ1v) is 22.6. The van der Waals surface area contributed by atoms with Gasteiger partial charge in [-0.3, -0.25) is 9.59 Å². The number of halogens is 3. The number of alkyl halides is 1. The molecule has 2 amide bonds. The molecular formula is C49H49Cl3N4O6. The molecular weight excluding hydrogens is 847 g/mol. The molecule has 62 heavy (non-hydrogen) atoms. The van der Waals surface area contributed by atoms with Gasteiger partial charge in [-0.1, -0.05) is 73.9 Å². The highest BCUT2D eigenvalue weighted by atomic mass is 35.5. The van der Waals surface area contributed by atoms with Crippen molar-refractivity contribution in [3.05, 3.63) is 105 Å². The highest BCUT2D eigenvalue weighted by Gasteiger charge is 2.30. The predicted molar refractivity (Wildman–Crippen MR) is 248 cm³/mol. The Morgan fingerprint density at radius 3 is 1.97 bits per heavy atom. The van der Waals surface area contributed by atoms with Crippen molar-refractivity contribution >= 4 is 91.7 Å². The average molecular weight is 896 g/mol. The van der Waals surface area contributed by atoms with Gasteiger partial charge in [0.05, 0.1) is 48.1 Å². The Morgan fingerprint density at radius 2 is 1.32 bits per heavy atom. The quantitative estimate of drug-likeness (QED) is 0.108. The molecule has 2 aromatic heterocycles. The standard InChI is InChI=1S/C25H25ClN2O3.C24H24Cl2N2O3/c1-31-25(30)16-7-9-19-21(13-16)28-12-11-22(29)27-20-14-17(26)8-10-18(20)24(28)23(19)15-5-3-2-4-6-15;1-31-24(30)15-7-9-17-19(11-15)28-23(22(17)14-5-3-2-4-6-14)18-10-8-16(26)12-20(18)27-21(29)13-25/h7-10,13-15H,2-6,11-12H2,1H3,(H,27,29);7-12,14,28H,2-6,13H2,1H3,(H,27,29). The van der Waals surface area contributed by atoms with Gasteiger partial charge in [0.1, 0.15) is 5.88 Å². The van der Waals surface area contributed by atoms with E-state index in [2.05, 4.69) is 20.2 Å². The van der Waals surface area contributed by atoms with Crippen LogP contribution in [0.4, 0.5) is 11.4 Å². The van der Waals surface area contributed by atoms with Gasteiger partial charge >= 0.3 is 11.9 Å². The Balaban J connectivity index is 0.000000171. The highest BCUT2D eigenvalue weighted by molar-refractivity contribution is 6.32. The second-order valence-corrected chi connectivity index (χ2v) is 17.5. The second-order valence-electron chi connectivity index (χ2n) is 16.3. The number of nitrogens with zero attached hydrogens (tertiary/aromatic N) is 1. The summed E-state index contributed by atoms with van der Waals surface area (Å²) in [5.41, 5.74) is 10.6. The topological polar surface area (TPSA) is 132 Å². The molecule has 1 aliphatic heterocycles. The number of H-pyrrole nitrogens is 1. The minimum Gasteiger partial charge on any atom is -0.465 e. The van der Waals surface area contributed by atoms with Crippen molar-refractivity contribution in [2.75, 3.05) is 30.7 Å². The number of aromatic amines is 1. The summed E-state index contributed by atoms with van der Waals surface area (Å²) in [7, 11) is 2.77. The van der Waals surface area contributed by atoms with E-state index >= 15 is 0 Å². The van der Waals surface area contributed by atoms with Crippen LogP contribution in [-0.4, -0.2) is 53.4 Å². The van der Waals surface area contributed by atoms with E-state index in [4.69, 9.17) is 44.3 Å². The first kappa shape index (κ1) is 43.4. The molecule has 0 saturated heterocycles. The van der Waals surface area contributed by atoms with E-state index in [0.717, 1.165) is 75.7 Å². The molecule has 13 heteroatoms. The molecule has 3 aliphatic rings. The van der Waals surface area contributed by atoms with Crippen molar-refractivity contribution in [1.82, 2.24) is 9.55 Å². The van der Waals surface area contributed by atoms with Crippen LogP contribution < -0.4 is 10.6 Å². The molecule has 2 aliphatic carbocycles. The van der Waals surface area contributed by atoms with Gasteiger partial charge in [0.15, 0.2) is 0 Å². The number of esters is 2. The molecule has 9 rings (SSSR count). The fourth-order valence-corrected chi connectivity index (χ4v) is 10.1. The average Bonchev–Trinajstić information content (AvgIpc) is 3.83. The van der Waals surface area contributed by atoms with E-state index in [1.54, 1.807) is 12.1 Å². The fraction of sp³-hybridized carbons (Fsp3) is 0.347. The van der Waals surface area contributed by atoms with Crippen LogP contribution in [0, 0.1) is 0 Å². The minimum absolute atomic E-state index is 0.0423. The number of nitrogens with one attached hydrogen (secondary N) is 3. The molecule has 0 unspecified atom stereocenters. The summed E-state index contributed by atoms with van der Waals surface area (Å²) in [5, 5.41) is 9.27. The zero-order valence-electron chi connectivity index (χ0n) is 34.8. The van der Waals surface area contributed by atoms with Gasteiger partial charge in [0.2, 0.25) is 11.8 Å². The summed E-state index contributed by atoms with van der Waals surface area (Å²) in [4.78, 5) is 52.4. The predicted octanol–water partition coefficient (Wildman–Crippen LogP) is 12.6. The third-order valence-electron chi connectivity index (χ3n) is 12.5. The number of amides is 2. The van der Waals surface area contributed by atoms with Crippen LogP contribution in [0.25, 0.3) is 44.3 Å². The van der Waals surface area contributed by atoms with Gasteiger partial charge in [0.25, 0.3) is 0 Å². The lowest BCUT2D eigenvalue weighted by Crippen LogP contribution is -2.19. The number of ether oxygens (including phenoxy) is 2. The van der Waals surface area contributed by atoms with Crippen LogP contribution in [0.2, 0.25) is 10.0 Å². The monoisotopic (exact) mass is 894 g/mol. The molecule has 2 fully saturated rings.